The zero-order chi connectivity index (χ0) is 17.7. The number of alkyl halides is 3. The topological polar surface area (TPSA) is 75.4 Å². The van der Waals surface area contributed by atoms with Gasteiger partial charge in [-0.1, -0.05) is 24.3 Å². The van der Waals surface area contributed by atoms with Crippen LogP contribution in [0.4, 0.5) is 24.5 Å². The Hall–Kier alpha value is -2.61. The highest BCUT2D eigenvalue weighted by Crippen LogP contribution is 2.37. The van der Waals surface area contributed by atoms with E-state index >= 15 is 0 Å². The molecule has 0 aliphatic rings. The number of benzene rings is 2. The molecule has 0 spiro atoms. The summed E-state index contributed by atoms with van der Waals surface area (Å²) < 4.78 is 38.7. The fraction of sp³-hybridized carbons (Fsp3) is 0.250. The largest absolute Gasteiger partial charge is 0.423 e. The number of nitrogens with one attached hydrogen (secondary N) is 1. The average Bonchev–Trinajstić information content (AvgIpc) is 2.54. The van der Waals surface area contributed by atoms with Crippen molar-refractivity contribution in [3.05, 3.63) is 69.3 Å². The molecule has 24 heavy (non-hydrogen) atoms. The predicted molar refractivity (Wildman–Crippen MR) is 82.7 cm³/mol. The number of halogens is 3. The monoisotopic (exact) mass is 340 g/mol. The van der Waals surface area contributed by atoms with Crippen molar-refractivity contribution >= 4 is 11.4 Å². The van der Waals surface area contributed by atoms with Crippen molar-refractivity contribution < 1.29 is 23.2 Å². The molecule has 0 atom stereocenters. The number of rotatable bonds is 6. The van der Waals surface area contributed by atoms with Crippen molar-refractivity contribution in [3.8, 4) is 0 Å². The Balaban J connectivity index is 2.05. The quantitative estimate of drug-likeness (QED) is 0.620. The predicted octanol–water partition coefficient (Wildman–Crippen LogP) is 3.76. The molecule has 2 aromatic rings. The summed E-state index contributed by atoms with van der Waals surface area (Å²) >= 11 is 0. The maximum absolute atomic E-state index is 12.9. The number of anilines is 1. The number of hydrogen-bond donors (Lipinski definition) is 2. The molecule has 0 aliphatic heterocycles. The fourth-order valence-corrected chi connectivity index (χ4v) is 2.19. The molecule has 0 fully saturated rings. The summed E-state index contributed by atoms with van der Waals surface area (Å²) in [5, 5.41) is 22.5. The molecule has 0 unspecified atom stereocenters. The molecule has 2 aromatic carbocycles. The van der Waals surface area contributed by atoms with Gasteiger partial charge in [0.15, 0.2) is 0 Å². The third-order valence-corrected chi connectivity index (χ3v) is 3.45. The van der Waals surface area contributed by atoms with E-state index in [1.807, 2.05) is 12.1 Å². The summed E-state index contributed by atoms with van der Waals surface area (Å²) in [6.45, 7) is 0.315. The van der Waals surface area contributed by atoms with E-state index in [0.29, 0.717) is 13.0 Å². The highest BCUT2D eigenvalue weighted by atomic mass is 19.4. The van der Waals surface area contributed by atoms with Gasteiger partial charge in [0.05, 0.1) is 11.5 Å². The Morgan fingerprint density at radius 3 is 2.25 bits per heavy atom. The molecule has 128 valence electrons. The van der Waals surface area contributed by atoms with Crippen molar-refractivity contribution in [2.24, 2.45) is 0 Å². The first-order valence-electron chi connectivity index (χ1n) is 7.09. The Bertz CT molecular complexity index is 715. The van der Waals surface area contributed by atoms with Gasteiger partial charge < -0.3 is 10.4 Å². The highest BCUT2D eigenvalue weighted by Gasteiger charge is 2.38. The molecule has 5 nitrogen and oxygen atoms in total. The van der Waals surface area contributed by atoms with Crippen LogP contribution in [0, 0.1) is 10.1 Å². The van der Waals surface area contributed by atoms with E-state index in [1.54, 1.807) is 12.1 Å². The van der Waals surface area contributed by atoms with Crippen LogP contribution in [0.25, 0.3) is 0 Å². The van der Waals surface area contributed by atoms with E-state index in [9.17, 15) is 23.3 Å². The lowest BCUT2D eigenvalue weighted by Gasteiger charge is -2.11. The van der Waals surface area contributed by atoms with Crippen molar-refractivity contribution in [1.29, 1.82) is 0 Å². The van der Waals surface area contributed by atoms with Gasteiger partial charge in [0.25, 0.3) is 5.69 Å². The second-order valence-electron chi connectivity index (χ2n) is 5.14. The lowest BCUT2D eigenvalue weighted by Crippen LogP contribution is -2.11. The summed E-state index contributed by atoms with van der Waals surface area (Å²) in [5.74, 6) is 0. The minimum atomic E-state index is -4.79. The zero-order valence-corrected chi connectivity index (χ0v) is 12.5. The second kappa shape index (κ2) is 7.31. The standard InChI is InChI=1S/C16H15F3N2O3/c17-16(18,19)14-9-13(5-6-15(14)21(23)24)20-8-7-11-1-3-12(10-22)4-2-11/h1-6,9,20,22H,7-8,10H2. The molecule has 0 amide bonds. The van der Waals surface area contributed by atoms with Gasteiger partial charge in [0.1, 0.15) is 5.56 Å². The van der Waals surface area contributed by atoms with E-state index in [0.717, 1.165) is 23.3 Å². The number of aliphatic hydroxyl groups is 1. The SMILES string of the molecule is O=[N+]([O-])c1ccc(NCCc2ccc(CO)cc2)cc1C(F)(F)F. The van der Waals surface area contributed by atoms with Gasteiger partial charge >= 0.3 is 6.18 Å². The minimum absolute atomic E-state index is 0.0540. The number of nitro groups is 1. The third-order valence-electron chi connectivity index (χ3n) is 3.45. The van der Waals surface area contributed by atoms with Gasteiger partial charge in [-0.15, -0.1) is 0 Å². The van der Waals surface area contributed by atoms with Crippen LogP contribution in [0.5, 0.6) is 0 Å². The van der Waals surface area contributed by atoms with Crippen LogP contribution >= 0.6 is 0 Å². The first-order valence-corrected chi connectivity index (χ1v) is 7.09. The smallest absolute Gasteiger partial charge is 0.392 e. The summed E-state index contributed by atoms with van der Waals surface area (Å²) in [6.07, 6.45) is -4.23. The van der Waals surface area contributed by atoms with Crippen LogP contribution in [-0.2, 0) is 19.2 Å². The summed E-state index contributed by atoms with van der Waals surface area (Å²) in [7, 11) is 0. The Morgan fingerprint density at radius 2 is 1.71 bits per heavy atom. The summed E-state index contributed by atoms with van der Waals surface area (Å²) in [6, 6.07) is 10.0. The number of nitro benzene ring substituents is 1. The molecule has 2 rings (SSSR count). The van der Waals surface area contributed by atoms with Crippen molar-refractivity contribution in [1.82, 2.24) is 0 Å². The Morgan fingerprint density at radius 1 is 1.08 bits per heavy atom. The fourth-order valence-electron chi connectivity index (χ4n) is 2.19. The second-order valence-corrected chi connectivity index (χ2v) is 5.14. The average molecular weight is 340 g/mol. The van der Waals surface area contributed by atoms with E-state index < -0.39 is 22.4 Å². The Labute approximate surface area is 135 Å². The molecular formula is C16H15F3N2O3. The van der Waals surface area contributed by atoms with Crippen LogP contribution in [0.2, 0.25) is 0 Å². The lowest BCUT2D eigenvalue weighted by molar-refractivity contribution is -0.388. The van der Waals surface area contributed by atoms with Crippen molar-refractivity contribution in [2.45, 2.75) is 19.2 Å². The third kappa shape index (κ3) is 4.45. The first kappa shape index (κ1) is 17.7. The minimum Gasteiger partial charge on any atom is -0.392 e. The van der Waals surface area contributed by atoms with Gasteiger partial charge in [0, 0.05) is 18.3 Å². The molecule has 0 bridgehead atoms. The molecule has 0 saturated heterocycles. The molecule has 0 aromatic heterocycles. The normalized spacial score (nSPS) is 11.3. The van der Waals surface area contributed by atoms with Gasteiger partial charge in [-0.2, -0.15) is 13.2 Å². The molecule has 0 heterocycles. The molecule has 2 N–H and O–H groups in total. The number of aliphatic hydroxyl groups excluding tert-OH is 1. The van der Waals surface area contributed by atoms with Gasteiger partial charge in [-0.05, 0) is 29.7 Å². The van der Waals surface area contributed by atoms with Gasteiger partial charge in [-0.25, -0.2) is 0 Å². The van der Waals surface area contributed by atoms with Crippen LogP contribution in [0.3, 0.4) is 0 Å². The molecule has 0 aliphatic carbocycles. The van der Waals surface area contributed by atoms with Gasteiger partial charge in [0.2, 0.25) is 0 Å². The highest BCUT2D eigenvalue weighted by molar-refractivity contribution is 5.55. The van der Waals surface area contributed by atoms with Gasteiger partial charge in [-0.3, -0.25) is 10.1 Å². The van der Waals surface area contributed by atoms with Crippen molar-refractivity contribution in [2.75, 3.05) is 11.9 Å². The zero-order valence-electron chi connectivity index (χ0n) is 12.5. The molecule has 0 radical (unpaired) electrons. The number of hydrogen-bond acceptors (Lipinski definition) is 4. The molecule has 0 saturated carbocycles. The van der Waals surface area contributed by atoms with E-state index in [1.165, 1.54) is 6.07 Å². The van der Waals surface area contributed by atoms with Crippen molar-refractivity contribution in [3.63, 3.8) is 0 Å². The van der Waals surface area contributed by atoms with Crippen LogP contribution < -0.4 is 5.32 Å². The van der Waals surface area contributed by atoms with E-state index in [2.05, 4.69) is 5.32 Å². The first-order chi connectivity index (χ1) is 11.3. The summed E-state index contributed by atoms with van der Waals surface area (Å²) in [5.41, 5.74) is -0.341. The summed E-state index contributed by atoms with van der Waals surface area (Å²) in [4.78, 5) is 9.65. The van der Waals surface area contributed by atoms with Crippen LogP contribution in [0.15, 0.2) is 42.5 Å². The lowest BCUT2D eigenvalue weighted by atomic mass is 10.1. The van der Waals surface area contributed by atoms with Crippen LogP contribution in [-0.4, -0.2) is 16.6 Å². The Kier molecular flexibility index (Phi) is 5.40. The number of nitrogens with zero attached hydrogens (tertiary/aromatic N) is 1. The van der Waals surface area contributed by atoms with E-state index in [4.69, 9.17) is 5.11 Å². The maximum Gasteiger partial charge on any atom is 0.423 e. The molecular weight excluding hydrogens is 325 g/mol. The maximum atomic E-state index is 12.9. The van der Waals surface area contributed by atoms with E-state index in [-0.39, 0.29) is 12.3 Å². The van der Waals surface area contributed by atoms with Crippen LogP contribution in [0.1, 0.15) is 16.7 Å². The molecule has 8 heteroatoms.